The summed E-state index contributed by atoms with van der Waals surface area (Å²) in [4.78, 5) is 23.9. The monoisotopic (exact) mass is 267 g/mol. The lowest BCUT2D eigenvalue weighted by Crippen LogP contribution is -2.34. The topological polar surface area (TPSA) is 72.4 Å². The number of carbonyl (C=O) groups excluding carboxylic acids is 1. The van der Waals surface area contributed by atoms with Crippen LogP contribution in [0.1, 0.15) is 18.1 Å². The Hall–Kier alpha value is -1.95. The first-order chi connectivity index (χ1) is 9.06. The Morgan fingerprint density at radius 2 is 2.16 bits per heavy atom. The molecular formula is C13H14FNO4. The fourth-order valence-corrected chi connectivity index (χ4v) is 1.90. The molecule has 2 rings (SSSR count). The number of carbonyl (C=O) groups is 1. The minimum absolute atomic E-state index is 0.141. The molecule has 102 valence electrons. The molecule has 0 aliphatic carbocycles. The average molecular weight is 267 g/mol. The summed E-state index contributed by atoms with van der Waals surface area (Å²) in [6.07, 6.45) is -1.27. The van der Waals surface area contributed by atoms with Crippen LogP contribution in [0.5, 0.6) is 0 Å². The molecule has 2 atom stereocenters. The zero-order valence-electron chi connectivity index (χ0n) is 10.4. The van der Waals surface area contributed by atoms with Crippen molar-refractivity contribution in [1.29, 1.82) is 0 Å². The summed E-state index contributed by atoms with van der Waals surface area (Å²) in [5, 5.41) is 9.64. The van der Waals surface area contributed by atoms with E-state index in [2.05, 4.69) is 0 Å². The molecule has 1 aromatic carbocycles. The van der Waals surface area contributed by atoms with E-state index in [9.17, 15) is 19.1 Å². The van der Waals surface area contributed by atoms with E-state index in [1.165, 1.54) is 6.92 Å². The number of fused-ring (bicyclic) bond motifs is 1. The number of para-hydroxylation sites is 2. The third-order valence-corrected chi connectivity index (χ3v) is 3.08. The molecule has 0 radical (unpaired) electrons. The Labute approximate surface area is 108 Å². The Bertz CT molecular complexity index is 645. The summed E-state index contributed by atoms with van der Waals surface area (Å²) in [5.74, 6) is -2.28. The maximum absolute atomic E-state index is 12.2. The summed E-state index contributed by atoms with van der Waals surface area (Å²) < 4.78 is 18.0. The predicted octanol–water partition coefficient (Wildman–Crippen LogP) is 1.59. The minimum atomic E-state index is -1.13. The van der Waals surface area contributed by atoms with Gasteiger partial charge in [-0.25, -0.2) is 9.36 Å². The number of aliphatic hydroxyl groups excluding tert-OH is 1. The van der Waals surface area contributed by atoms with Crippen molar-refractivity contribution in [3.63, 3.8) is 0 Å². The van der Waals surface area contributed by atoms with Crippen LogP contribution >= 0.6 is 0 Å². The van der Waals surface area contributed by atoms with Gasteiger partial charge in [0.25, 0.3) is 0 Å². The molecular weight excluding hydrogens is 253 g/mol. The summed E-state index contributed by atoms with van der Waals surface area (Å²) >= 11 is 0. The highest BCUT2D eigenvalue weighted by atomic mass is 19.1. The van der Waals surface area contributed by atoms with E-state index in [4.69, 9.17) is 4.42 Å². The van der Waals surface area contributed by atoms with Gasteiger partial charge in [-0.15, -0.1) is 0 Å². The Morgan fingerprint density at radius 1 is 1.47 bits per heavy atom. The zero-order chi connectivity index (χ0) is 14.0. The van der Waals surface area contributed by atoms with Crippen LogP contribution in [0, 0.1) is 5.92 Å². The predicted molar refractivity (Wildman–Crippen MR) is 66.9 cm³/mol. The Balaban J connectivity index is 2.41. The van der Waals surface area contributed by atoms with Crippen LogP contribution in [0.25, 0.3) is 11.1 Å². The quantitative estimate of drug-likeness (QED) is 0.913. The van der Waals surface area contributed by atoms with Gasteiger partial charge in [-0.1, -0.05) is 19.1 Å². The van der Waals surface area contributed by atoms with E-state index in [-0.39, 0.29) is 6.42 Å². The highest BCUT2D eigenvalue weighted by molar-refractivity contribution is 5.90. The third kappa shape index (κ3) is 2.44. The van der Waals surface area contributed by atoms with Crippen molar-refractivity contribution in [2.75, 3.05) is 6.67 Å². The van der Waals surface area contributed by atoms with Crippen LogP contribution in [-0.2, 0) is 0 Å². The summed E-state index contributed by atoms with van der Waals surface area (Å²) in [6.45, 7) is 0.733. The van der Waals surface area contributed by atoms with E-state index >= 15 is 0 Å². The molecule has 2 aromatic rings. The van der Waals surface area contributed by atoms with Gasteiger partial charge in [-0.2, -0.15) is 0 Å². The van der Waals surface area contributed by atoms with Gasteiger partial charge >= 0.3 is 5.76 Å². The molecule has 6 heteroatoms. The second-order valence-electron chi connectivity index (χ2n) is 4.34. The van der Waals surface area contributed by atoms with E-state index in [1.807, 2.05) is 0 Å². The molecule has 0 amide bonds. The van der Waals surface area contributed by atoms with Crippen molar-refractivity contribution >= 4 is 17.0 Å². The molecule has 2 unspecified atom stereocenters. The van der Waals surface area contributed by atoms with Crippen LogP contribution in [0.3, 0.4) is 0 Å². The summed E-state index contributed by atoms with van der Waals surface area (Å²) in [6, 6.07) is 6.50. The number of hydrogen-bond acceptors (Lipinski definition) is 4. The second-order valence-corrected chi connectivity index (χ2v) is 4.34. The highest BCUT2D eigenvalue weighted by Crippen LogP contribution is 2.16. The van der Waals surface area contributed by atoms with Gasteiger partial charge in [0.15, 0.2) is 5.58 Å². The summed E-state index contributed by atoms with van der Waals surface area (Å²) in [7, 11) is 0. The maximum atomic E-state index is 12.2. The lowest BCUT2D eigenvalue weighted by atomic mass is 10.0. The largest absolute Gasteiger partial charge is 0.426 e. The number of alkyl halides is 1. The third-order valence-electron chi connectivity index (χ3n) is 3.08. The first-order valence-electron chi connectivity index (χ1n) is 5.95. The maximum Gasteiger partial charge on any atom is 0.426 e. The lowest BCUT2D eigenvalue weighted by Gasteiger charge is -2.16. The minimum Gasteiger partial charge on any atom is -0.407 e. The van der Waals surface area contributed by atoms with E-state index in [1.54, 1.807) is 24.3 Å². The van der Waals surface area contributed by atoms with E-state index in [0.717, 1.165) is 4.57 Å². The summed E-state index contributed by atoms with van der Waals surface area (Å²) in [5.41, 5.74) is 0.643. The van der Waals surface area contributed by atoms with Gasteiger partial charge in [0.1, 0.15) is 0 Å². The molecule has 0 saturated heterocycles. The van der Waals surface area contributed by atoms with Crippen LogP contribution in [0.4, 0.5) is 4.39 Å². The Kier molecular flexibility index (Phi) is 3.80. The highest BCUT2D eigenvalue weighted by Gasteiger charge is 2.26. The van der Waals surface area contributed by atoms with Crippen LogP contribution in [-0.4, -0.2) is 28.4 Å². The number of nitrogens with zero attached hydrogens (tertiary/aromatic N) is 1. The molecule has 0 aliphatic rings. The number of hydrogen-bond donors (Lipinski definition) is 1. The van der Waals surface area contributed by atoms with Gasteiger partial charge in [0, 0.05) is 6.42 Å². The SMILES string of the molecule is CC(C(=O)n1c(=O)oc2ccccc21)C(O)CCF. The van der Waals surface area contributed by atoms with Crippen molar-refractivity contribution in [3.8, 4) is 0 Å². The molecule has 1 aromatic heterocycles. The van der Waals surface area contributed by atoms with E-state index in [0.29, 0.717) is 11.1 Å². The van der Waals surface area contributed by atoms with Gasteiger partial charge in [-0.05, 0) is 12.1 Å². The molecule has 0 fully saturated rings. The average Bonchev–Trinajstić information content (AvgIpc) is 2.73. The molecule has 0 bridgehead atoms. The van der Waals surface area contributed by atoms with Crippen LogP contribution in [0.15, 0.2) is 33.5 Å². The second kappa shape index (κ2) is 5.36. The lowest BCUT2D eigenvalue weighted by molar-refractivity contribution is 0.0588. The van der Waals surface area contributed by atoms with Crippen molar-refractivity contribution < 1.29 is 18.7 Å². The first kappa shape index (κ1) is 13.5. The molecule has 0 saturated carbocycles. The van der Waals surface area contributed by atoms with Crippen molar-refractivity contribution in [2.24, 2.45) is 5.92 Å². The smallest absolute Gasteiger partial charge is 0.407 e. The number of halogens is 1. The Morgan fingerprint density at radius 3 is 2.84 bits per heavy atom. The normalized spacial score (nSPS) is 14.5. The van der Waals surface area contributed by atoms with Gasteiger partial charge in [0.05, 0.1) is 24.2 Å². The first-order valence-corrected chi connectivity index (χ1v) is 5.95. The molecule has 19 heavy (non-hydrogen) atoms. The fraction of sp³-hybridized carbons (Fsp3) is 0.385. The molecule has 0 aliphatic heterocycles. The fourth-order valence-electron chi connectivity index (χ4n) is 1.90. The zero-order valence-corrected chi connectivity index (χ0v) is 10.4. The standard InChI is InChI=1S/C13H14FNO4/c1-8(10(16)6-7-14)12(17)15-9-4-2-3-5-11(9)19-13(15)18/h2-5,8,10,16H,6-7H2,1H3. The van der Waals surface area contributed by atoms with E-state index < -0.39 is 30.4 Å². The molecule has 1 N–H and O–H groups in total. The van der Waals surface area contributed by atoms with Gasteiger partial charge < -0.3 is 9.52 Å². The van der Waals surface area contributed by atoms with Crippen molar-refractivity contribution in [1.82, 2.24) is 4.57 Å². The number of benzene rings is 1. The van der Waals surface area contributed by atoms with Crippen LogP contribution in [0.2, 0.25) is 0 Å². The number of rotatable bonds is 4. The molecule has 0 spiro atoms. The molecule has 1 heterocycles. The van der Waals surface area contributed by atoms with Crippen molar-refractivity contribution in [3.05, 3.63) is 34.8 Å². The number of aliphatic hydroxyl groups is 1. The van der Waals surface area contributed by atoms with Gasteiger partial charge in [-0.3, -0.25) is 9.18 Å². The molecule has 5 nitrogen and oxygen atoms in total. The number of oxazole rings is 1. The van der Waals surface area contributed by atoms with Gasteiger partial charge in [0.2, 0.25) is 5.91 Å². The van der Waals surface area contributed by atoms with Crippen molar-refractivity contribution in [2.45, 2.75) is 19.4 Å². The number of aromatic nitrogens is 1. The van der Waals surface area contributed by atoms with Crippen LogP contribution < -0.4 is 5.76 Å².